The number of halogens is 3. The van der Waals surface area contributed by atoms with E-state index in [0.717, 1.165) is 22.9 Å². The van der Waals surface area contributed by atoms with Crippen molar-refractivity contribution in [3.05, 3.63) is 68.7 Å². The Morgan fingerprint density at radius 2 is 1.42 bits per heavy atom. The molecular weight excluding hydrogens is 487 g/mol. The molecule has 0 unspecified atom stereocenters. The third kappa shape index (κ3) is 4.39. The van der Waals surface area contributed by atoms with E-state index >= 15 is 0 Å². The molecule has 3 amide bonds. The van der Waals surface area contributed by atoms with Crippen molar-refractivity contribution in [2.45, 2.75) is 38.6 Å². The van der Waals surface area contributed by atoms with E-state index in [1.807, 2.05) is 0 Å². The van der Waals surface area contributed by atoms with E-state index < -0.39 is 41.4 Å². The van der Waals surface area contributed by atoms with Gasteiger partial charge in [-0.2, -0.15) is 5.01 Å². The molecule has 1 saturated heterocycles. The van der Waals surface area contributed by atoms with Crippen molar-refractivity contribution in [3.63, 3.8) is 0 Å². The summed E-state index contributed by atoms with van der Waals surface area (Å²) >= 11 is 18.0. The van der Waals surface area contributed by atoms with Gasteiger partial charge in [-0.1, -0.05) is 47.6 Å². The second-order valence-corrected chi connectivity index (χ2v) is 9.56. The first-order valence-electron chi connectivity index (χ1n) is 10.7. The van der Waals surface area contributed by atoms with Crippen LogP contribution < -0.4 is 0 Å². The molecule has 1 heterocycles. The van der Waals surface area contributed by atoms with E-state index in [4.69, 9.17) is 34.8 Å². The van der Waals surface area contributed by atoms with Gasteiger partial charge in [0.15, 0.2) is 5.78 Å². The second kappa shape index (κ2) is 9.45. The van der Waals surface area contributed by atoms with Crippen LogP contribution in [0.1, 0.15) is 53.3 Å². The van der Waals surface area contributed by atoms with Crippen LogP contribution >= 0.6 is 34.8 Å². The first-order valence-corrected chi connectivity index (χ1v) is 11.8. The Morgan fingerprint density at radius 3 is 1.97 bits per heavy atom. The van der Waals surface area contributed by atoms with Crippen LogP contribution in [0.5, 0.6) is 0 Å². The normalized spacial score (nSPS) is 21.0. The summed E-state index contributed by atoms with van der Waals surface area (Å²) in [5, 5.41) is 2.71. The molecule has 2 aliphatic rings. The Kier molecular flexibility index (Phi) is 6.80. The van der Waals surface area contributed by atoms with Gasteiger partial charge in [0, 0.05) is 16.1 Å². The van der Waals surface area contributed by atoms with Crippen LogP contribution in [-0.4, -0.2) is 39.6 Å². The number of hydrazine groups is 1. The van der Waals surface area contributed by atoms with Crippen molar-refractivity contribution >= 4 is 58.3 Å². The van der Waals surface area contributed by atoms with Crippen LogP contribution in [0.2, 0.25) is 15.1 Å². The molecule has 4 rings (SSSR count). The number of imide groups is 1. The summed E-state index contributed by atoms with van der Waals surface area (Å²) in [5.41, 5.74) is 0.408. The van der Waals surface area contributed by atoms with Crippen molar-refractivity contribution in [2.75, 3.05) is 0 Å². The largest absolute Gasteiger partial charge is 0.292 e. The van der Waals surface area contributed by atoms with Gasteiger partial charge in [-0.25, -0.2) is 5.01 Å². The number of ketones is 1. The first-order chi connectivity index (χ1) is 15.7. The Morgan fingerprint density at radius 1 is 0.879 bits per heavy atom. The van der Waals surface area contributed by atoms with Crippen LogP contribution in [0.15, 0.2) is 42.5 Å². The van der Waals surface area contributed by atoms with E-state index in [1.54, 1.807) is 12.1 Å². The van der Waals surface area contributed by atoms with Gasteiger partial charge in [-0.15, -0.1) is 0 Å². The number of hydrogen-bond donors (Lipinski definition) is 0. The highest BCUT2D eigenvalue weighted by atomic mass is 35.5. The van der Waals surface area contributed by atoms with Gasteiger partial charge in [0.25, 0.3) is 17.7 Å². The summed E-state index contributed by atoms with van der Waals surface area (Å²) in [7, 11) is 0. The number of Topliss-reactive ketones (excluding diaryl/α,β-unsaturated/α-hetero) is 1. The molecule has 0 N–H and O–H groups in total. The van der Waals surface area contributed by atoms with Gasteiger partial charge in [-0.3, -0.25) is 19.2 Å². The smallest absolute Gasteiger partial charge is 0.273 e. The van der Waals surface area contributed by atoms with Crippen molar-refractivity contribution in [3.8, 4) is 0 Å². The van der Waals surface area contributed by atoms with Gasteiger partial charge in [0.05, 0.1) is 21.9 Å². The van der Waals surface area contributed by atoms with E-state index in [2.05, 4.69) is 0 Å². The quantitative estimate of drug-likeness (QED) is 0.398. The lowest BCUT2D eigenvalue weighted by molar-refractivity contribution is -0.156. The van der Waals surface area contributed by atoms with Crippen LogP contribution in [0, 0.1) is 11.8 Å². The Hall–Kier alpha value is -2.41. The zero-order chi connectivity index (χ0) is 23.9. The molecule has 172 valence electrons. The van der Waals surface area contributed by atoms with Crippen LogP contribution in [-0.2, 0) is 9.59 Å². The number of rotatable bonds is 5. The lowest BCUT2D eigenvalue weighted by Crippen LogP contribution is -2.56. The van der Waals surface area contributed by atoms with Crippen LogP contribution in [0.4, 0.5) is 0 Å². The molecule has 0 bridgehead atoms. The maximum absolute atomic E-state index is 13.6. The molecule has 33 heavy (non-hydrogen) atoms. The highest BCUT2D eigenvalue weighted by molar-refractivity contribution is 6.42. The summed E-state index contributed by atoms with van der Waals surface area (Å²) in [6, 6.07) is 9.32. The minimum absolute atomic E-state index is 0.107. The van der Waals surface area contributed by atoms with Gasteiger partial charge in [0.1, 0.15) is 6.04 Å². The molecule has 1 aliphatic heterocycles. The Balaban J connectivity index is 1.76. The van der Waals surface area contributed by atoms with Gasteiger partial charge in [-0.05, 0) is 62.2 Å². The number of amides is 3. The molecule has 9 heteroatoms. The number of hydrogen-bond acceptors (Lipinski definition) is 4. The molecule has 3 atom stereocenters. The van der Waals surface area contributed by atoms with Crippen molar-refractivity contribution < 1.29 is 19.2 Å². The van der Waals surface area contributed by atoms with Crippen molar-refractivity contribution in [2.24, 2.45) is 11.8 Å². The zero-order valence-electron chi connectivity index (χ0n) is 17.8. The molecule has 2 aromatic rings. The minimum atomic E-state index is -1.14. The Labute approximate surface area is 206 Å². The average molecular weight is 508 g/mol. The van der Waals surface area contributed by atoms with E-state index in [0.29, 0.717) is 23.4 Å². The molecule has 0 radical (unpaired) electrons. The molecule has 1 aliphatic carbocycles. The first kappa shape index (κ1) is 23.7. The number of fused-ring (bicyclic) bond motifs is 1. The summed E-state index contributed by atoms with van der Waals surface area (Å²) in [6.07, 6.45) is 2.85. The summed E-state index contributed by atoms with van der Waals surface area (Å²) in [5.74, 6) is -2.98. The zero-order valence-corrected chi connectivity index (χ0v) is 20.0. The lowest BCUT2D eigenvalue weighted by Gasteiger charge is -2.34. The summed E-state index contributed by atoms with van der Waals surface area (Å²) < 4.78 is 0. The number of carbonyl (C=O) groups excluding carboxylic acids is 4. The highest BCUT2D eigenvalue weighted by Crippen LogP contribution is 2.39. The molecule has 6 nitrogen and oxygen atoms in total. The van der Waals surface area contributed by atoms with E-state index in [1.165, 1.54) is 37.3 Å². The van der Waals surface area contributed by atoms with E-state index in [9.17, 15) is 19.2 Å². The number of carbonyl (C=O) groups is 4. The molecule has 0 aromatic heterocycles. The second-order valence-electron chi connectivity index (χ2n) is 8.31. The minimum Gasteiger partial charge on any atom is -0.292 e. The van der Waals surface area contributed by atoms with Crippen molar-refractivity contribution in [1.29, 1.82) is 0 Å². The van der Waals surface area contributed by atoms with E-state index in [-0.39, 0.29) is 15.6 Å². The standard InChI is InChI=1S/C24H21Cl3N2O4/c1-13(21(30)14-6-9-16(25)10-7-14)28(22(31)15-8-11-19(26)20(27)12-15)29-23(32)17-4-2-3-5-18(17)24(29)33/h6-13,17-18H,2-5H2,1H3/t13-,17-,18-/m1/s1. The Bertz CT molecular complexity index is 1110. The third-order valence-corrected chi connectivity index (χ3v) is 7.27. The maximum Gasteiger partial charge on any atom is 0.273 e. The molecular formula is C24H21Cl3N2O4. The molecule has 2 aromatic carbocycles. The fourth-order valence-corrected chi connectivity index (χ4v) is 4.95. The fraction of sp³-hybridized carbons (Fsp3) is 0.333. The topological polar surface area (TPSA) is 74.8 Å². The van der Waals surface area contributed by atoms with Gasteiger partial charge < -0.3 is 0 Å². The predicted octanol–water partition coefficient (Wildman–Crippen LogP) is 5.45. The van der Waals surface area contributed by atoms with Gasteiger partial charge >= 0.3 is 0 Å². The number of nitrogens with zero attached hydrogens (tertiary/aromatic N) is 2. The van der Waals surface area contributed by atoms with Crippen LogP contribution in [0.25, 0.3) is 0 Å². The lowest BCUT2D eigenvalue weighted by atomic mass is 9.81. The monoisotopic (exact) mass is 506 g/mol. The van der Waals surface area contributed by atoms with Crippen LogP contribution in [0.3, 0.4) is 0 Å². The summed E-state index contributed by atoms with van der Waals surface area (Å²) in [4.78, 5) is 53.5. The fourth-order valence-electron chi connectivity index (χ4n) is 4.52. The molecule has 1 saturated carbocycles. The maximum atomic E-state index is 13.6. The SMILES string of the molecule is C[C@H](C(=O)c1ccc(Cl)cc1)N(C(=O)c1ccc(Cl)c(Cl)c1)N1C(=O)[C@@H]2CCCC[C@H]2C1=O. The molecule has 0 spiro atoms. The summed E-state index contributed by atoms with van der Waals surface area (Å²) in [6.45, 7) is 1.49. The van der Waals surface area contributed by atoms with Gasteiger partial charge in [0.2, 0.25) is 0 Å². The van der Waals surface area contributed by atoms with Crippen molar-refractivity contribution in [1.82, 2.24) is 10.0 Å². The number of benzene rings is 2. The average Bonchev–Trinajstić information content (AvgIpc) is 3.06. The third-order valence-electron chi connectivity index (χ3n) is 6.28. The molecule has 2 fully saturated rings. The highest BCUT2D eigenvalue weighted by Gasteiger charge is 2.53. The predicted molar refractivity (Wildman–Crippen MR) is 125 cm³/mol.